The number of ether oxygens (including phenoxy) is 2. The zero-order valence-corrected chi connectivity index (χ0v) is 36.7. The minimum absolute atomic E-state index is 0.0779. The van der Waals surface area contributed by atoms with E-state index in [4.69, 9.17) is 21.1 Å². The van der Waals surface area contributed by atoms with E-state index in [-0.39, 0.29) is 58.5 Å². The fraction of sp³-hybridized carbons (Fsp3) is 0.489. The molecule has 0 spiro atoms. The Labute approximate surface area is 367 Å². The third-order valence-electron chi connectivity index (χ3n) is 13.7. The van der Waals surface area contributed by atoms with Gasteiger partial charge >= 0.3 is 0 Å². The molecular formula is C47H54ClN7O7. The number of hydrogen-bond acceptors (Lipinski definition) is 11. The standard InChI is InChI=1S/C47H54ClN7O7/c1-6-61-47(17-19-53(20-18-47)32-12-14-34-35(25-32)42(60)55(41(34)59)37-15-16-38(56)50-40(37)58)28-52-21-23-54(24-22-52)31-10-7-29(8-11-31)39(57)51-43-45(2,3)44(46(43,4)5)62-33-13-9-30(27-49)36(48)26-33/h7-14,25-26,37,43-44H,6,15-24,28H2,1-5H3,(H,51,57)(H,50,56,58). The summed E-state index contributed by atoms with van der Waals surface area (Å²) < 4.78 is 12.9. The van der Waals surface area contributed by atoms with Gasteiger partial charge in [-0.25, -0.2) is 0 Å². The van der Waals surface area contributed by atoms with Gasteiger partial charge in [-0.2, -0.15) is 5.26 Å². The lowest BCUT2D eigenvalue weighted by molar-refractivity contribution is -0.164. The topological polar surface area (TPSA) is 165 Å². The maximum atomic E-state index is 13.6. The summed E-state index contributed by atoms with van der Waals surface area (Å²) in [6.07, 6.45) is 1.60. The van der Waals surface area contributed by atoms with E-state index < -0.39 is 29.7 Å². The smallest absolute Gasteiger partial charge is 0.262 e. The maximum Gasteiger partial charge on any atom is 0.262 e. The Hall–Kier alpha value is -5.49. The van der Waals surface area contributed by atoms with Crippen molar-refractivity contribution in [1.82, 2.24) is 20.4 Å². The van der Waals surface area contributed by atoms with E-state index in [2.05, 4.69) is 59.1 Å². The van der Waals surface area contributed by atoms with E-state index in [1.54, 1.807) is 30.3 Å². The highest BCUT2D eigenvalue weighted by molar-refractivity contribution is 6.31. The number of hydrogen-bond donors (Lipinski definition) is 2. The van der Waals surface area contributed by atoms with Gasteiger partial charge in [0.2, 0.25) is 11.8 Å². The van der Waals surface area contributed by atoms with Crippen LogP contribution in [0.3, 0.4) is 0 Å². The van der Waals surface area contributed by atoms with E-state index in [1.165, 1.54) is 0 Å². The molecule has 0 bridgehead atoms. The van der Waals surface area contributed by atoms with Crippen molar-refractivity contribution in [1.29, 1.82) is 5.26 Å². The first-order chi connectivity index (χ1) is 29.5. The third-order valence-corrected chi connectivity index (χ3v) is 14.0. The Balaban J connectivity index is 0.827. The van der Waals surface area contributed by atoms with Gasteiger partial charge in [0.05, 0.1) is 27.3 Å². The van der Waals surface area contributed by atoms with Crippen molar-refractivity contribution in [2.75, 3.05) is 62.2 Å². The van der Waals surface area contributed by atoms with Crippen LogP contribution in [0.25, 0.3) is 0 Å². The number of carbonyl (C=O) groups excluding carboxylic acids is 5. The lowest BCUT2D eigenvalue weighted by Crippen LogP contribution is -2.74. The molecule has 8 rings (SSSR count). The van der Waals surface area contributed by atoms with Crippen LogP contribution in [0.2, 0.25) is 5.02 Å². The second-order valence-electron chi connectivity index (χ2n) is 18.4. The molecule has 0 aromatic heterocycles. The number of nitrogens with one attached hydrogen (secondary N) is 2. The Bertz CT molecular complexity index is 2310. The summed E-state index contributed by atoms with van der Waals surface area (Å²) in [6, 6.07) is 19.1. The number of piperidine rings is 2. The van der Waals surface area contributed by atoms with Gasteiger partial charge in [0.1, 0.15) is 24.0 Å². The van der Waals surface area contributed by atoms with Crippen LogP contribution in [0, 0.1) is 22.2 Å². The second kappa shape index (κ2) is 16.7. The van der Waals surface area contributed by atoms with Crippen molar-refractivity contribution in [3.05, 3.63) is 87.9 Å². The second-order valence-corrected chi connectivity index (χ2v) is 18.8. The highest BCUT2D eigenvalue weighted by Crippen LogP contribution is 2.55. The fourth-order valence-electron chi connectivity index (χ4n) is 10.7. The number of amides is 5. The average molecular weight is 864 g/mol. The van der Waals surface area contributed by atoms with Gasteiger partial charge in [-0.1, -0.05) is 39.3 Å². The van der Waals surface area contributed by atoms with Gasteiger partial charge in [0, 0.05) is 98.7 Å². The average Bonchev–Trinajstić information content (AvgIpc) is 3.50. The van der Waals surface area contributed by atoms with Crippen molar-refractivity contribution < 1.29 is 33.4 Å². The van der Waals surface area contributed by atoms with Gasteiger partial charge in [0.15, 0.2) is 0 Å². The molecule has 5 amide bonds. The van der Waals surface area contributed by atoms with E-state index in [0.29, 0.717) is 28.5 Å². The molecule has 4 heterocycles. The number of fused-ring (bicyclic) bond motifs is 1. The zero-order chi connectivity index (χ0) is 44.1. The Morgan fingerprint density at radius 3 is 2.13 bits per heavy atom. The number of benzene rings is 3. The van der Waals surface area contributed by atoms with Crippen LogP contribution >= 0.6 is 11.6 Å². The number of rotatable bonds is 11. The molecule has 1 atom stereocenters. The van der Waals surface area contributed by atoms with E-state index >= 15 is 0 Å². The molecule has 326 valence electrons. The van der Waals surface area contributed by atoms with Gasteiger partial charge in [-0.15, -0.1) is 0 Å². The van der Waals surface area contributed by atoms with Crippen molar-refractivity contribution in [2.45, 2.75) is 84.1 Å². The molecule has 3 saturated heterocycles. The lowest BCUT2D eigenvalue weighted by Gasteiger charge is -2.63. The molecule has 3 aromatic carbocycles. The highest BCUT2D eigenvalue weighted by Gasteiger charge is 2.64. The molecule has 1 unspecified atom stereocenters. The normalized spacial score (nSPS) is 24.2. The molecule has 4 aliphatic heterocycles. The molecule has 1 saturated carbocycles. The summed E-state index contributed by atoms with van der Waals surface area (Å²) in [5.74, 6) is -1.57. The molecule has 15 heteroatoms. The Morgan fingerprint density at radius 1 is 0.855 bits per heavy atom. The first kappa shape index (κ1) is 43.2. The summed E-state index contributed by atoms with van der Waals surface area (Å²) >= 11 is 6.26. The molecular weight excluding hydrogens is 810 g/mol. The SMILES string of the molecule is CCOC1(CN2CCN(c3ccc(C(=O)NC4C(C)(C)C(Oc5ccc(C#N)c(Cl)c5)C4(C)C)cc3)CC2)CCN(c2ccc3c(c2)C(=O)N(C2CCC(=O)NC2=O)C3=O)CC1. The molecule has 3 aromatic rings. The van der Waals surface area contributed by atoms with Gasteiger partial charge in [0.25, 0.3) is 17.7 Å². The molecule has 62 heavy (non-hydrogen) atoms. The number of halogens is 1. The number of imide groups is 2. The Morgan fingerprint density at radius 2 is 1.50 bits per heavy atom. The van der Waals surface area contributed by atoms with Crippen LogP contribution in [-0.4, -0.2) is 116 Å². The van der Waals surface area contributed by atoms with Crippen LogP contribution in [-0.2, 0) is 14.3 Å². The molecule has 0 radical (unpaired) electrons. The van der Waals surface area contributed by atoms with Gasteiger partial charge < -0.3 is 24.6 Å². The predicted molar refractivity (Wildman–Crippen MR) is 233 cm³/mol. The van der Waals surface area contributed by atoms with Gasteiger partial charge in [-0.3, -0.25) is 39.1 Å². The molecule has 5 aliphatic rings. The maximum absolute atomic E-state index is 13.6. The Kier molecular flexibility index (Phi) is 11.6. The number of nitriles is 1. The minimum atomic E-state index is -0.995. The molecule has 14 nitrogen and oxygen atoms in total. The third kappa shape index (κ3) is 7.91. The summed E-state index contributed by atoms with van der Waals surface area (Å²) in [5.41, 5.74) is 2.42. The molecule has 4 fully saturated rings. The van der Waals surface area contributed by atoms with Crippen molar-refractivity contribution >= 4 is 52.5 Å². The summed E-state index contributed by atoms with van der Waals surface area (Å²) in [5, 5.41) is 15.1. The van der Waals surface area contributed by atoms with Gasteiger partial charge in [-0.05, 0) is 80.8 Å². The number of piperazine rings is 1. The number of anilines is 2. The number of carbonyl (C=O) groups is 5. The van der Waals surface area contributed by atoms with Crippen LogP contribution in [0.1, 0.15) is 96.9 Å². The zero-order valence-electron chi connectivity index (χ0n) is 36.0. The monoisotopic (exact) mass is 863 g/mol. The quantitative estimate of drug-likeness (QED) is 0.237. The molecule has 1 aliphatic carbocycles. The van der Waals surface area contributed by atoms with E-state index in [0.717, 1.165) is 74.9 Å². The van der Waals surface area contributed by atoms with Crippen LogP contribution in [0.15, 0.2) is 60.7 Å². The first-order valence-electron chi connectivity index (χ1n) is 21.5. The van der Waals surface area contributed by atoms with Crippen LogP contribution < -0.4 is 25.2 Å². The highest BCUT2D eigenvalue weighted by atomic mass is 35.5. The van der Waals surface area contributed by atoms with E-state index in [1.807, 2.05) is 37.3 Å². The number of nitrogens with zero attached hydrogens (tertiary/aromatic N) is 5. The van der Waals surface area contributed by atoms with Crippen molar-refractivity contribution in [3.63, 3.8) is 0 Å². The van der Waals surface area contributed by atoms with E-state index in [9.17, 15) is 29.2 Å². The summed E-state index contributed by atoms with van der Waals surface area (Å²) in [7, 11) is 0. The first-order valence-corrected chi connectivity index (χ1v) is 21.9. The predicted octanol–water partition coefficient (Wildman–Crippen LogP) is 5.42. The van der Waals surface area contributed by atoms with Crippen molar-refractivity contribution in [3.8, 4) is 11.8 Å². The molecule has 2 N–H and O–H groups in total. The lowest BCUT2D eigenvalue weighted by atomic mass is 9.49. The van der Waals surface area contributed by atoms with Crippen molar-refractivity contribution in [2.24, 2.45) is 10.8 Å². The summed E-state index contributed by atoms with van der Waals surface area (Å²) in [4.78, 5) is 72.5. The van der Waals surface area contributed by atoms with Crippen LogP contribution in [0.5, 0.6) is 5.75 Å². The summed E-state index contributed by atoms with van der Waals surface area (Å²) in [6.45, 7) is 16.7. The van der Waals surface area contributed by atoms with Crippen LogP contribution in [0.4, 0.5) is 11.4 Å². The minimum Gasteiger partial charge on any atom is -0.489 e. The fourth-order valence-corrected chi connectivity index (χ4v) is 10.9. The largest absolute Gasteiger partial charge is 0.489 e.